The minimum absolute atomic E-state index is 0.0326. The summed E-state index contributed by atoms with van der Waals surface area (Å²) in [6.45, 7) is 16.4. The Morgan fingerprint density at radius 2 is 1.73 bits per heavy atom. The number of rotatable bonds is 1. The number of allylic oxidation sites excluding steroid dienone is 2. The molecule has 0 aromatic carbocycles. The van der Waals surface area contributed by atoms with E-state index in [1.807, 2.05) is 6.20 Å². The van der Waals surface area contributed by atoms with Crippen molar-refractivity contribution in [3.63, 3.8) is 0 Å². The number of ether oxygens (including phenoxy) is 1. The highest BCUT2D eigenvalue weighted by Crippen LogP contribution is 2.74. The molecule has 5 heteroatoms. The zero-order chi connectivity index (χ0) is 26.8. The van der Waals surface area contributed by atoms with Crippen molar-refractivity contribution < 1.29 is 18.8 Å². The van der Waals surface area contributed by atoms with Crippen LogP contribution in [0.3, 0.4) is 0 Å². The molecule has 0 unspecified atom stereocenters. The third-order valence-electron chi connectivity index (χ3n) is 13.2. The zero-order valence-electron chi connectivity index (χ0n) is 24.1. The lowest BCUT2D eigenvalue weighted by Gasteiger charge is -2.69. The van der Waals surface area contributed by atoms with E-state index in [1.54, 1.807) is 0 Å². The molecule has 37 heavy (non-hydrogen) atoms. The summed E-state index contributed by atoms with van der Waals surface area (Å²) >= 11 is 0. The molecule has 8 atom stereocenters. The molecule has 0 saturated heterocycles. The lowest BCUT2D eigenvalue weighted by atomic mass is 9.33. The van der Waals surface area contributed by atoms with Gasteiger partial charge < -0.3 is 9.26 Å². The van der Waals surface area contributed by atoms with Crippen molar-refractivity contribution in [3.8, 4) is 0 Å². The summed E-state index contributed by atoms with van der Waals surface area (Å²) in [6, 6.07) is 0. The van der Waals surface area contributed by atoms with Crippen molar-refractivity contribution in [2.75, 3.05) is 7.11 Å². The maximum atomic E-state index is 14.5. The molecule has 5 aliphatic rings. The van der Waals surface area contributed by atoms with E-state index in [9.17, 15) is 9.59 Å². The monoisotopic (exact) mass is 507 g/mol. The summed E-state index contributed by atoms with van der Waals surface area (Å²) in [4.78, 5) is 27.4. The average Bonchev–Trinajstić information content (AvgIpc) is 3.29. The number of nitrogens with zero attached hydrogens (tertiary/aromatic N) is 1. The van der Waals surface area contributed by atoms with Gasteiger partial charge in [-0.15, -0.1) is 0 Å². The number of carbonyl (C=O) groups excluding carboxylic acids is 2. The highest BCUT2D eigenvalue weighted by molar-refractivity contribution is 5.96. The van der Waals surface area contributed by atoms with Crippen LogP contribution in [-0.4, -0.2) is 24.0 Å². The molecule has 0 bridgehead atoms. The van der Waals surface area contributed by atoms with Gasteiger partial charge in [-0.2, -0.15) is 0 Å². The van der Waals surface area contributed by atoms with Crippen LogP contribution in [-0.2, 0) is 26.2 Å². The van der Waals surface area contributed by atoms with Gasteiger partial charge >= 0.3 is 5.97 Å². The van der Waals surface area contributed by atoms with Crippen LogP contribution in [0.1, 0.15) is 105 Å². The second-order valence-electron chi connectivity index (χ2n) is 15.3. The maximum Gasteiger partial charge on any atom is 0.311 e. The molecular formula is C32H45NO4. The van der Waals surface area contributed by atoms with E-state index in [0.717, 1.165) is 57.1 Å². The zero-order valence-corrected chi connectivity index (χ0v) is 24.1. The number of hydrogen-bond acceptors (Lipinski definition) is 5. The van der Waals surface area contributed by atoms with E-state index in [1.165, 1.54) is 18.2 Å². The molecule has 1 aromatic rings. The smallest absolute Gasteiger partial charge is 0.311 e. The summed E-state index contributed by atoms with van der Waals surface area (Å²) < 4.78 is 11.1. The van der Waals surface area contributed by atoms with E-state index in [4.69, 9.17) is 9.26 Å². The molecular weight excluding hydrogens is 462 g/mol. The van der Waals surface area contributed by atoms with E-state index in [-0.39, 0.29) is 44.9 Å². The first-order chi connectivity index (χ1) is 17.2. The second kappa shape index (κ2) is 7.39. The van der Waals surface area contributed by atoms with Gasteiger partial charge in [0.2, 0.25) is 0 Å². The molecule has 3 saturated carbocycles. The number of esters is 1. The first-order valence-corrected chi connectivity index (χ1v) is 14.4. The van der Waals surface area contributed by atoms with Crippen molar-refractivity contribution in [3.05, 3.63) is 29.2 Å². The molecule has 1 heterocycles. The summed E-state index contributed by atoms with van der Waals surface area (Å²) in [5.74, 6) is 1.80. The number of aromatic nitrogens is 1. The van der Waals surface area contributed by atoms with Gasteiger partial charge in [-0.05, 0) is 97.9 Å². The van der Waals surface area contributed by atoms with Crippen LogP contribution >= 0.6 is 0 Å². The Morgan fingerprint density at radius 1 is 1.03 bits per heavy atom. The van der Waals surface area contributed by atoms with Gasteiger partial charge in [0.05, 0.1) is 18.7 Å². The van der Waals surface area contributed by atoms with Gasteiger partial charge in [0.1, 0.15) is 5.76 Å². The number of carbonyl (C=O) groups is 2. The minimum Gasteiger partial charge on any atom is -0.469 e. The first kappa shape index (κ1) is 25.4. The van der Waals surface area contributed by atoms with E-state index >= 15 is 0 Å². The Morgan fingerprint density at radius 3 is 2.43 bits per heavy atom. The second-order valence-corrected chi connectivity index (χ2v) is 15.3. The Bertz CT molecular complexity index is 1210. The molecule has 0 spiro atoms. The number of fused-ring (bicyclic) bond motifs is 8. The van der Waals surface area contributed by atoms with Crippen LogP contribution in [0.5, 0.6) is 0 Å². The lowest BCUT2D eigenvalue weighted by Crippen LogP contribution is -2.66. The fourth-order valence-electron chi connectivity index (χ4n) is 10.9. The Hall–Kier alpha value is -1.91. The quantitative estimate of drug-likeness (QED) is 0.389. The van der Waals surface area contributed by atoms with Crippen LogP contribution in [0.15, 0.2) is 22.4 Å². The average molecular weight is 508 g/mol. The topological polar surface area (TPSA) is 69.4 Å². The largest absolute Gasteiger partial charge is 0.469 e. The van der Waals surface area contributed by atoms with Gasteiger partial charge in [-0.25, -0.2) is 0 Å². The lowest BCUT2D eigenvalue weighted by molar-refractivity contribution is -0.175. The third-order valence-corrected chi connectivity index (χ3v) is 13.2. The summed E-state index contributed by atoms with van der Waals surface area (Å²) in [6.07, 6.45) is 11.9. The number of methoxy groups -OCH3 is 1. The highest BCUT2D eigenvalue weighted by atomic mass is 16.5. The molecule has 0 N–H and O–H groups in total. The normalized spacial score (nSPS) is 47.9. The van der Waals surface area contributed by atoms with Gasteiger partial charge in [-0.3, -0.25) is 9.59 Å². The van der Waals surface area contributed by atoms with Crippen molar-refractivity contribution in [2.45, 2.75) is 105 Å². The molecule has 3 fully saturated rings. The number of hydrogen-bond donors (Lipinski definition) is 0. The molecule has 0 radical (unpaired) electrons. The standard InChI is InChI=1S/C32H45NO4/c1-27(2)23-9-10-32(7)24(30(23,5)16-19-18-33-37-25(19)27)22(34)15-20-21-17-29(4,26(35)36-8)12-11-28(21,3)13-14-31(20,32)6/h15,18,21,23-24H,9-14,16-17H2,1-8H3/t21-,23+,24+,28+,29-,30-,31+,32+/m0/s1. The van der Waals surface area contributed by atoms with Crippen LogP contribution in [0.2, 0.25) is 0 Å². The predicted molar refractivity (Wildman–Crippen MR) is 142 cm³/mol. The molecule has 0 amide bonds. The Balaban J connectivity index is 1.47. The molecule has 5 nitrogen and oxygen atoms in total. The molecule has 5 aliphatic carbocycles. The Labute approximate surface area is 222 Å². The predicted octanol–water partition coefficient (Wildman–Crippen LogP) is 6.84. The third kappa shape index (κ3) is 2.95. The highest BCUT2D eigenvalue weighted by Gasteiger charge is 2.70. The van der Waals surface area contributed by atoms with Crippen LogP contribution < -0.4 is 0 Å². The fourth-order valence-corrected chi connectivity index (χ4v) is 10.9. The summed E-state index contributed by atoms with van der Waals surface area (Å²) in [7, 11) is 1.51. The van der Waals surface area contributed by atoms with Crippen molar-refractivity contribution >= 4 is 11.8 Å². The number of ketones is 1. The van der Waals surface area contributed by atoms with Crippen LogP contribution in [0.4, 0.5) is 0 Å². The molecule has 202 valence electrons. The van der Waals surface area contributed by atoms with Crippen molar-refractivity contribution in [1.82, 2.24) is 5.16 Å². The molecule has 6 rings (SSSR count). The minimum atomic E-state index is -0.486. The van der Waals surface area contributed by atoms with Gasteiger partial charge in [0.25, 0.3) is 0 Å². The summed E-state index contributed by atoms with van der Waals surface area (Å²) in [5, 5.41) is 4.19. The van der Waals surface area contributed by atoms with Gasteiger partial charge in [-0.1, -0.05) is 52.3 Å². The van der Waals surface area contributed by atoms with Crippen LogP contribution in [0, 0.1) is 44.8 Å². The fraction of sp³-hybridized carbons (Fsp3) is 0.781. The van der Waals surface area contributed by atoms with Crippen molar-refractivity contribution in [1.29, 1.82) is 0 Å². The molecule has 0 aliphatic heterocycles. The van der Waals surface area contributed by atoms with Gasteiger partial charge in [0, 0.05) is 16.9 Å². The first-order valence-electron chi connectivity index (χ1n) is 14.4. The van der Waals surface area contributed by atoms with E-state index < -0.39 is 5.41 Å². The SMILES string of the molecule is COC(=O)[C@@]1(C)CC[C@]2(C)CC[C@]3(C)C(=CC(=O)[C@@H]4[C@@]5(C)Cc6cnoc6C(C)(C)[C@H]5CC[C@]43C)[C@@H]2C1. The van der Waals surface area contributed by atoms with E-state index in [0.29, 0.717) is 11.7 Å². The van der Waals surface area contributed by atoms with Gasteiger partial charge in [0.15, 0.2) is 5.78 Å². The molecule has 1 aromatic heterocycles. The summed E-state index contributed by atoms with van der Waals surface area (Å²) in [5.41, 5.74) is 1.68. The van der Waals surface area contributed by atoms with Crippen LogP contribution in [0.25, 0.3) is 0 Å². The van der Waals surface area contributed by atoms with Crippen molar-refractivity contribution in [2.24, 2.45) is 44.8 Å². The maximum absolute atomic E-state index is 14.5. The Kier molecular flexibility index (Phi) is 5.06. The van der Waals surface area contributed by atoms with E-state index in [2.05, 4.69) is 59.7 Å².